The molecule has 236 valence electrons. The Kier molecular flexibility index (Phi) is 6.77. The molecule has 8 rings (SSSR count). The molecule has 13 heteroatoms. The fourth-order valence-electron chi connectivity index (χ4n) is 7.39. The van der Waals surface area contributed by atoms with Crippen LogP contribution >= 0.6 is 11.3 Å². The Morgan fingerprint density at radius 2 is 1.87 bits per heavy atom. The predicted octanol–water partition coefficient (Wildman–Crippen LogP) is 3.58. The lowest BCUT2D eigenvalue weighted by atomic mass is 9.72. The molecular weight excluding hydrogens is 612 g/mol. The molecule has 5 heterocycles. The highest BCUT2D eigenvalue weighted by molar-refractivity contribution is 7.16. The van der Waals surface area contributed by atoms with E-state index >= 15 is 4.39 Å². The molecule has 1 unspecified atom stereocenters. The fourth-order valence-corrected chi connectivity index (χ4v) is 8.25. The van der Waals surface area contributed by atoms with Crippen molar-refractivity contribution in [2.75, 3.05) is 62.7 Å². The van der Waals surface area contributed by atoms with Crippen molar-refractivity contribution < 1.29 is 23.8 Å². The van der Waals surface area contributed by atoms with Gasteiger partial charge in [0, 0.05) is 73.9 Å². The Balaban J connectivity index is 1.09. The number of halogens is 2. The Morgan fingerprint density at radius 3 is 2.57 bits per heavy atom. The second kappa shape index (κ2) is 10.7. The number of carbonyl (C=O) groups excluding carboxylic acids is 1. The van der Waals surface area contributed by atoms with Gasteiger partial charge in [0.15, 0.2) is 10.9 Å². The van der Waals surface area contributed by atoms with E-state index in [2.05, 4.69) is 20.9 Å². The normalized spacial score (nSPS) is 20.3. The van der Waals surface area contributed by atoms with Gasteiger partial charge in [-0.1, -0.05) is 11.3 Å². The van der Waals surface area contributed by atoms with Gasteiger partial charge in [0.25, 0.3) is 0 Å². The maximum Gasteiger partial charge on any atom is 0.236 e. The number of carbonyl (C=O) groups is 1. The van der Waals surface area contributed by atoms with E-state index in [4.69, 9.17) is 4.98 Å². The van der Waals surface area contributed by atoms with E-state index in [1.807, 2.05) is 18.0 Å². The molecule has 1 spiro atoms. The van der Waals surface area contributed by atoms with Gasteiger partial charge in [0.1, 0.15) is 28.0 Å². The topological polar surface area (TPSA) is 120 Å². The zero-order valence-corrected chi connectivity index (χ0v) is 25.9. The first-order valence-corrected chi connectivity index (χ1v) is 16.1. The third kappa shape index (κ3) is 4.70. The van der Waals surface area contributed by atoms with Crippen LogP contribution in [0.4, 0.5) is 25.3 Å². The minimum absolute atomic E-state index is 0.0432. The van der Waals surface area contributed by atoms with Crippen LogP contribution in [0.1, 0.15) is 28.7 Å². The molecule has 46 heavy (non-hydrogen) atoms. The monoisotopic (exact) mass is 643 g/mol. The lowest BCUT2D eigenvalue weighted by molar-refractivity contribution is -0.146. The molecular formula is C33H31F2N7O3S. The number of likely N-dealkylation sites (tertiary alicyclic amines) is 2. The van der Waals surface area contributed by atoms with Crippen molar-refractivity contribution >= 4 is 44.7 Å². The number of pyridine rings is 1. The van der Waals surface area contributed by atoms with Crippen LogP contribution in [-0.2, 0) is 11.2 Å². The van der Waals surface area contributed by atoms with Crippen molar-refractivity contribution in [2.45, 2.75) is 25.0 Å². The van der Waals surface area contributed by atoms with Crippen molar-refractivity contribution in [3.63, 3.8) is 0 Å². The van der Waals surface area contributed by atoms with Crippen molar-refractivity contribution in [1.82, 2.24) is 19.8 Å². The summed E-state index contributed by atoms with van der Waals surface area (Å²) in [7, 11) is 1.82. The number of aliphatic hydroxyl groups is 2. The number of hydrogen-bond donors (Lipinski definition) is 2. The highest BCUT2D eigenvalue weighted by Gasteiger charge is 2.52. The summed E-state index contributed by atoms with van der Waals surface area (Å²) in [6.45, 7) is 4.24. The average molecular weight is 644 g/mol. The van der Waals surface area contributed by atoms with Gasteiger partial charge in [-0.3, -0.25) is 9.69 Å². The summed E-state index contributed by atoms with van der Waals surface area (Å²) in [4.78, 5) is 30.0. The number of fused-ring (bicyclic) bond motifs is 2. The number of nitriles is 1. The third-order valence-corrected chi connectivity index (χ3v) is 10.7. The number of β-amino-alcohol motifs (C(OH)–C–C–N with tert-alkyl or cyclic N) is 1. The van der Waals surface area contributed by atoms with Gasteiger partial charge in [0.05, 0.1) is 30.1 Å². The number of aliphatic hydroxyl groups excluding tert-OH is 2. The van der Waals surface area contributed by atoms with E-state index in [0.717, 1.165) is 37.4 Å². The summed E-state index contributed by atoms with van der Waals surface area (Å²) in [5.74, 6) is -0.820. The number of anilines is 3. The molecule has 3 aliphatic heterocycles. The van der Waals surface area contributed by atoms with Crippen LogP contribution in [0.2, 0.25) is 0 Å². The van der Waals surface area contributed by atoms with Gasteiger partial charge in [-0.25, -0.2) is 18.7 Å². The number of rotatable bonds is 6. The van der Waals surface area contributed by atoms with E-state index in [1.165, 1.54) is 29.5 Å². The van der Waals surface area contributed by atoms with Gasteiger partial charge in [0.2, 0.25) is 5.91 Å². The Bertz CT molecular complexity index is 1920. The summed E-state index contributed by atoms with van der Waals surface area (Å²) in [6.07, 6.45) is -0.181. The van der Waals surface area contributed by atoms with Crippen LogP contribution in [0.3, 0.4) is 0 Å². The Labute approximate surface area is 267 Å². The fraction of sp³-hybridized carbons (Fsp3) is 0.394. The van der Waals surface area contributed by atoms with E-state index in [0.29, 0.717) is 70.5 Å². The average Bonchev–Trinajstić information content (AvgIpc) is 3.58. The highest BCUT2D eigenvalue weighted by Crippen LogP contribution is 2.47. The van der Waals surface area contributed by atoms with Crippen molar-refractivity contribution in [1.29, 1.82) is 5.26 Å². The van der Waals surface area contributed by atoms with Crippen LogP contribution in [0.15, 0.2) is 36.4 Å². The van der Waals surface area contributed by atoms with Gasteiger partial charge in [-0.2, -0.15) is 5.26 Å². The molecule has 2 aromatic heterocycles. The van der Waals surface area contributed by atoms with Crippen molar-refractivity contribution in [2.24, 2.45) is 5.41 Å². The first-order valence-electron chi connectivity index (χ1n) is 15.3. The first-order chi connectivity index (χ1) is 22.1. The molecule has 4 aromatic rings. The molecule has 3 fully saturated rings. The Morgan fingerprint density at radius 1 is 1.13 bits per heavy atom. The third-order valence-electron chi connectivity index (χ3n) is 9.68. The molecule has 1 aliphatic carbocycles. The first kappa shape index (κ1) is 29.2. The summed E-state index contributed by atoms with van der Waals surface area (Å²) >= 11 is 1.20. The van der Waals surface area contributed by atoms with Crippen molar-refractivity contribution in [3.8, 4) is 17.3 Å². The molecule has 0 radical (unpaired) electrons. The maximum absolute atomic E-state index is 15.9. The smallest absolute Gasteiger partial charge is 0.236 e. The largest absolute Gasteiger partial charge is 0.389 e. The van der Waals surface area contributed by atoms with Crippen molar-refractivity contribution in [3.05, 3.63) is 64.2 Å². The zero-order chi connectivity index (χ0) is 31.9. The van der Waals surface area contributed by atoms with Crippen LogP contribution in [-0.4, -0.2) is 94.9 Å². The lowest BCUT2D eigenvalue weighted by Gasteiger charge is -2.61. The number of benzene rings is 2. The van der Waals surface area contributed by atoms with Gasteiger partial charge >= 0.3 is 0 Å². The molecule has 1 amide bonds. The number of amides is 1. The standard InChI is InChI=1S/C33H31F2N7O3S/c1-39(32-38-28(26(10-36)46-32)18-2-4-19(34)5-3-18)31-22-6-7-25(44)30(22)37-29-23(31)8-20(9-24(29)35)42-16-33(17-42)14-40(15-33)13-27(45)41-11-21(43)12-41/h2-5,8-9,21,25,43-44H,6-7,11-17H2,1H3. The second-order valence-electron chi connectivity index (χ2n) is 13.0. The Hall–Kier alpha value is -4.22. The molecule has 3 saturated heterocycles. The summed E-state index contributed by atoms with van der Waals surface area (Å²) in [6, 6.07) is 11.5. The van der Waals surface area contributed by atoms with E-state index in [1.54, 1.807) is 17.0 Å². The quantitative estimate of drug-likeness (QED) is 0.325. The van der Waals surface area contributed by atoms with Gasteiger partial charge in [-0.15, -0.1) is 0 Å². The van der Waals surface area contributed by atoms with E-state index in [9.17, 15) is 24.7 Å². The van der Waals surface area contributed by atoms with Crippen LogP contribution < -0.4 is 9.80 Å². The minimum atomic E-state index is -0.804. The maximum atomic E-state index is 15.9. The molecule has 0 saturated carbocycles. The predicted molar refractivity (Wildman–Crippen MR) is 169 cm³/mol. The molecule has 2 aromatic carbocycles. The second-order valence-corrected chi connectivity index (χ2v) is 14.0. The summed E-state index contributed by atoms with van der Waals surface area (Å²) in [5.41, 5.74) is 4.00. The van der Waals surface area contributed by atoms with E-state index in [-0.39, 0.29) is 22.7 Å². The molecule has 2 N–H and O–H groups in total. The van der Waals surface area contributed by atoms with Crippen LogP contribution in [0.5, 0.6) is 0 Å². The molecule has 0 bridgehead atoms. The number of aromatic nitrogens is 2. The molecule has 10 nitrogen and oxygen atoms in total. The van der Waals surface area contributed by atoms with Gasteiger partial charge in [-0.05, 0) is 49.2 Å². The zero-order valence-electron chi connectivity index (χ0n) is 25.1. The SMILES string of the molecule is CN(c1nc(-c2ccc(F)cc2)c(C#N)s1)c1c2c(nc3c(F)cc(N4CC5(CN(CC(=O)N6CC(O)C6)C5)C4)cc13)C(O)CC2. The van der Waals surface area contributed by atoms with Crippen LogP contribution in [0.25, 0.3) is 22.2 Å². The number of hydrogen-bond acceptors (Lipinski definition) is 10. The molecule has 1 atom stereocenters. The minimum Gasteiger partial charge on any atom is -0.389 e. The van der Waals surface area contributed by atoms with E-state index < -0.39 is 18.0 Å². The lowest BCUT2D eigenvalue weighted by Crippen LogP contribution is -2.73. The summed E-state index contributed by atoms with van der Waals surface area (Å²) < 4.78 is 29.5. The van der Waals surface area contributed by atoms with Crippen LogP contribution in [0, 0.1) is 28.4 Å². The summed E-state index contributed by atoms with van der Waals surface area (Å²) in [5, 5.41) is 31.2. The van der Waals surface area contributed by atoms with Gasteiger partial charge < -0.3 is 24.9 Å². The molecule has 4 aliphatic rings. The number of nitrogens with zero attached hydrogens (tertiary/aromatic N) is 7. The highest BCUT2D eigenvalue weighted by atomic mass is 32.1. The number of thiazole rings is 1.